The third-order valence-corrected chi connectivity index (χ3v) is 5.56. The molecule has 0 aliphatic rings. The van der Waals surface area contributed by atoms with Crippen molar-refractivity contribution in [1.29, 1.82) is 0 Å². The number of hydrogen-bond acceptors (Lipinski definition) is 5. The number of rotatable bonds is 8. The standard InChI is InChI=1S/C24H26N4O2S/c1-18(29)28(21-12-8-5-9-13-21)24-26-20(17-31-24)14-15-23(30)25-16-22(27(2)3)19-10-6-4-7-11-19/h4-15,17,22H,16H2,1-3H3,(H,25,30)/b15-14+. The SMILES string of the molecule is CC(=O)N(c1ccccc1)c1nc(/C=C/C(=O)NCC(c2ccccc2)N(C)C)cs1. The number of nitrogens with one attached hydrogen (secondary N) is 1. The molecule has 0 fully saturated rings. The second-order valence-corrected chi connectivity index (χ2v) is 8.05. The minimum atomic E-state index is -0.191. The quantitative estimate of drug-likeness (QED) is 0.538. The molecule has 6 nitrogen and oxygen atoms in total. The first-order valence-electron chi connectivity index (χ1n) is 9.94. The Kier molecular flexibility index (Phi) is 7.70. The van der Waals surface area contributed by atoms with Crippen molar-refractivity contribution in [2.75, 3.05) is 25.5 Å². The van der Waals surface area contributed by atoms with E-state index in [4.69, 9.17) is 0 Å². The maximum Gasteiger partial charge on any atom is 0.244 e. The van der Waals surface area contributed by atoms with Crippen molar-refractivity contribution < 1.29 is 9.59 Å². The summed E-state index contributed by atoms with van der Waals surface area (Å²) in [6.07, 6.45) is 3.13. The van der Waals surface area contributed by atoms with Crippen LogP contribution in [0.1, 0.15) is 24.2 Å². The summed E-state index contributed by atoms with van der Waals surface area (Å²) in [5.41, 5.74) is 2.53. The van der Waals surface area contributed by atoms with Crippen molar-refractivity contribution in [1.82, 2.24) is 15.2 Å². The summed E-state index contributed by atoms with van der Waals surface area (Å²) < 4.78 is 0. The molecule has 160 valence electrons. The van der Waals surface area contributed by atoms with Gasteiger partial charge < -0.3 is 10.2 Å². The van der Waals surface area contributed by atoms with Crippen LogP contribution in [0.2, 0.25) is 0 Å². The van der Waals surface area contributed by atoms with Gasteiger partial charge in [-0.15, -0.1) is 11.3 Å². The predicted octanol–water partition coefficient (Wildman–Crippen LogP) is 4.26. The molecule has 0 saturated carbocycles. The Morgan fingerprint density at radius 2 is 1.71 bits per heavy atom. The number of hydrogen-bond donors (Lipinski definition) is 1. The highest BCUT2D eigenvalue weighted by Crippen LogP contribution is 2.29. The number of carbonyl (C=O) groups excluding carboxylic acids is 2. The molecule has 1 heterocycles. The van der Waals surface area contributed by atoms with Crippen molar-refractivity contribution in [3.63, 3.8) is 0 Å². The fourth-order valence-electron chi connectivity index (χ4n) is 3.15. The number of benzene rings is 2. The number of thiazole rings is 1. The zero-order chi connectivity index (χ0) is 22.2. The predicted molar refractivity (Wildman–Crippen MR) is 126 cm³/mol. The monoisotopic (exact) mass is 434 g/mol. The van der Waals surface area contributed by atoms with Crippen LogP contribution < -0.4 is 10.2 Å². The van der Waals surface area contributed by atoms with Gasteiger partial charge >= 0.3 is 0 Å². The first-order chi connectivity index (χ1) is 15.0. The molecule has 0 bridgehead atoms. The highest BCUT2D eigenvalue weighted by Gasteiger charge is 2.17. The average molecular weight is 435 g/mol. The van der Waals surface area contributed by atoms with Gasteiger partial charge in [-0.05, 0) is 37.9 Å². The Morgan fingerprint density at radius 1 is 1.06 bits per heavy atom. The summed E-state index contributed by atoms with van der Waals surface area (Å²) in [6, 6.07) is 19.5. The lowest BCUT2D eigenvalue weighted by atomic mass is 10.1. The molecule has 0 aliphatic heterocycles. The molecular weight excluding hydrogens is 408 g/mol. The van der Waals surface area contributed by atoms with Gasteiger partial charge in [0, 0.05) is 24.9 Å². The molecule has 1 unspecified atom stereocenters. The fraction of sp³-hybridized carbons (Fsp3) is 0.208. The second-order valence-electron chi connectivity index (χ2n) is 7.21. The van der Waals surface area contributed by atoms with Crippen LogP contribution in [0.15, 0.2) is 72.1 Å². The molecule has 31 heavy (non-hydrogen) atoms. The third kappa shape index (κ3) is 6.10. The summed E-state index contributed by atoms with van der Waals surface area (Å²) in [5.74, 6) is -0.312. The van der Waals surface area contributed by atoms with E-state index in [-0.39, 0.29) is 17.9 Å². The van der Waals surface area contributed by atoms with Crippen molar-refractivity contribution in [3.8, 4) is 0 Å². The largest absolute Gasteiger partial charge is 0.351 e. The maximum absolute atomic E-state index is 12.3. The zero-order valence-electron chi connectivity index (χ0n) is 17.9. The lowest BCUT2D eigenvalue weighted by Gasteiger charge is -2.24. The molecule has 2 amide bonds. The van der Waals surface area contributed by atoms with Crippen molar-refractivity contribution in [2.24, 2.45) is 0 Å². The Balaban J connectivity index is 1.64. The number of aromatic nitrogens is 1. The average Bonchev–Trinajstić information content (AvgIpc) is 3.22. The van der Waals surface area contributed by atoms with Gasteiger partial charge in [0.1, 0.15) is 0 Å². The Labute approximate surface area is 186 Å². The van der Waals surface area contributed by atoms with E-state index in [0.29, 0.717) is 17.4 Å². The first kappa shape index (κ1) is 22.4. The summed E-state index contributed by atoms with van der Waals surface area (Å²) in [4.78, 5) is 32.6. The third-order valence-electron chi connectivity index (χ3n) is 4.71. The van der Waals surface area contributed by atoms with E-state index in [1.54, 1.807) is 11.0 Å². The number of carbonyl (C=O) groups is 2. The van der Waals surface area contributed by atoms with Gasteiger partial charge in [0.25, 0.3) is 0 Å². The molecule has 7 heteroatoms. The highest BCUT2D eigenvalue weighted by atomic mass is 32.1. The smallest absolute Gasteiger partial charge is 0.244 e. The van der Waals surface area contributed by atoms with E-state index in [2.05, 4.69) is 27.3 Å². The molecule has 3 aromatic rings. The molecule has 2 aromatic carbocycles. The summed E-state index contributed by atoms with van der Waals surface area (Å²) in [5, 5.41) is 5.34. The van der Waals surface area contributed by atoms with Crippen LogP contribution in [0.25, 0.3) is 6.08 Å². The lowest BCUT2D eigenvalue weighted by molar-refractivity contribution is -0.117. The Hall–Kier alpha value is -3.29. The second kappa shape index (κ2) is 10.7. The Bertz CT molecular complexity index is 1030. The van der Waals surface area contributed by atoms with Crippen molar-refractivity contribution in [2.45, 2.75) is 13.0 Å². The molecule has 3 rings (SSSR count). The van der Waals surface area contributed by atoms with Crippen LogP contribution in [0.3, 0.4) is 0 Å². The van der Waals surface area contributed by atoms with Gasteiger partial charge in [0.15, 0.2) is 5.13 Å². The van der Waals surface area contributed by atoms with E-state index in [0.717, 1.165) is 11.3 Å². The molecule has 0 saturated heterocycles. The molecule has 0 spiro atoms. The van der Waals surface area contributed by atoms with Crippen LogP contribution >= 0.6 is 11.3 Å². The minimum absolute atomic E-state index is 0.0828. The summed E-state index contributed by atoms with van der Waals surface area (Å²) in [7, 11) is 3.98. The van der Waals surface area contributed by atoms with Gasteiger partial charge in [-0.2, -0.15) is 0 Å². The van der Waals surface area contributed by atoms with Gasteiger partial charge in [-0.25, -0.2) is 4.98 Å². The number of nitrogens with zero attached hydrogens (tertiary/aromatic N) is 3. The maximum atomic E-state index is 12.3. The molecule has 1 aromatic heterocycles. The van der Waals surface area contributed by atoms with E-state index in [1.165, 1.54) is 24.3 Å². The number of anilines is 2. The van der Waals surface area contributed by atoms with Crippen molar-refractivity contribution in [3.05, 3.63) is 83.4 Å². The zero-order valence-corrected chi connectivity index (χ0v) is 18.7. The fourth-order valence-corrected chi connectivity index (χ4v) is 4.01. The van der Waals surface area contributed by atoms with Gasteiger partial charge in [0.05, 0.1) is 17.4 Å². The van der Waals surface area contributed by atoms with Gasteiger partial charge in [0.2, 0.25) is 11.8 Å². The van der Waals surface area contributed by atoms with Crippen LogP contribution in [0.5, 0.6) is 0 Å². The Morgan fingerprint density at radius 3 is 2.32 bits per heavy atom. The molecular formula is C24H26N4O2S. The van der Waals surface area contributed by atoms with Crippen LogP contribution in [0.4, 0.5) is 10.8 Å². The minimum Gasteiger partial charge on any atom is -0.351 e. The van der Waals surface area contributed by atoms with Gasteiger partial charge in [-0.3, -0.25) is 14.5 Å². The molecule has 1 N–H and O–H groups in total. The van der Waals surface area contributed by atoms with Gasteiger partial charge in [-0.1, -0.05) is 48.5 Å². The normalized spacial score (nSPS) is 12.1. The highest BCUT2D eigenvalue weighted by molar-refractivity contribution is 7.14. The first-order valence-corrected chi connectivity index (χ1v) is 10.8. The van der Waals surface area contributed by atoms with Crippen LogP contribution in [-0.4, -0.2) is 42.3 Å². The lowest BCUT2D eigenvalue weighted by Crippen LogP contribution is -2.33. The topological polar surface area (TPSA) is 65.5 Å². The summed E-state index contributed by atoms with van der Waals surface area (Å²) in [6.45, 7) is 2.00. The van der Waals surface area contributed by atoms with E-state index in [1.807, 2.05) is 68.0 Å². The van der Waals surface area contributed by atoms with Crippen LogP contribution in [0, 0.1) is 0 Å². The van der Waals surface area contributed by atoms with E-state index >= 15 is 0 Å². The number of likely N-dealkylation sites (N-methyl/N-ethyl adjacent to an activating group) is 1. The summed E-state index contributed by atoms with van der Waals surface area (Å²) >= 11 is 1.36. The number of amides is 2. The molecule has 0 aliphatic carbocycles. The van der Waals surface area contributed by atoms with Crippen molar-refractivity contribution >= 4 is 40.0 Å². The molecule has 0 radical (unpaired) electrons. The molecule has 1 atom stereocenters. The van der Waals surface area contributed by atoms with E-state index in [9.17, 15) is 9.59 Å². The number of para-hydroxylation sites is 1. The van der Waals surface area contributed by atoms with E-state index < -0.39 is 0 Å². The van der Waals surface area contributed by atoms with Crippen LogP contribution in [-0.2, 0) is 9.59 Å².